The standard InChI is InChI=1S/C32H34NO5P/c1-3-36-39(35,37-4-2)38-31(28-20-12-7-13-21-28)24-29(26-16-8-5-9-17-26)30(27-18-10-6-11-19-27)25-32(34)33-22-14-15-23-33/h5-24,29-30H,3-4,25H2,1-2H3/b31-24-/t29-,30-/m1/s1. The minimum atomic E-state index is -3.90. The van der Waals surface area contributed by atoms with E-state index in [1.165, 1.54) is 0 Å². The van der Waals surface area contributed by atoms with E-state index >= 15 is 0 Å². The highest BCUT2D eigenvalue weighted by Crippen LogP contribution is 2.53. The molecular formula is C32H34NO5P. The number of allylic oxidation sites excluding steroid dienone is 1. The fourth-order valence-corrected chi connectivity index (χ4v) is 5.76. The molecule has 0 aliphatic rings. The predicted octanol–water partition coefficient (Wildman–Crippen LogP) is 8.32. The minimum Gasteiger partial charge on any atom is -0.404 e. The summed E-state index contributed by atoms with van der Waals surface area (Å²) in [7, 11) is -3.90. The molecule has 2 atom stereocenters. The second kappa shape index (κ2) is 13.9. The third-order valence-corrected chi connectivity index (χ3v) is 7.88. The van der Waals surface area contributed by atoms with Crippen molar-refractivity contribution < 1.29 is 22.9 Å². The summed E-state index contributed by atoms with van der Waals surface area (Å²) < 4.78 is 32.2. The van der Waals surface area contributed by atoms with Crippen molar-refractivity contribution in [2.45, 2.75) is 32.1 Å². The Morgan fingerprint density at radius 2 is 1.28 bits per heavy atom. The van der Waals surface area contributed by atoms with Crippen molar-refractivity contribution >= 4 is 19.5 Å². The van der Waals surface area contributed by atoms with E-state index in [0.29, 0.717) is 5.76 Å². The van der Waals surface area contributed by atoms with Crippen LogP contribution in [-0.2, 0) is 18.1 Å². The average Bonchev–Trinajstić information content (AvgIpc) is 3.51. The Bertz CT molecular complexity index is 1360. The molecule has 0 aliphatic carbocycles. The van der Waals surface area contributed by atoms with Crippen LogP contribution in [0.4, 0.5) is 0 Å². The van der Waals surface area contributed by atoms with Gasteiger partial charge >= 0.3 is 7.82 Å². The number of nitrogens with zero attached hydrogens (tertiary/aromatic N) is 1. The van der Waals surface area contributed by atoms with Gasteiger partial charge in [-0.25, -0.2) is 4.57 Å². The summed E-state index contributed by atoms with van der Waals surface area (Å²) >= 11 is 0. The molecule has 39 heavy (non-hydrogen) atoms. The summed E-state index contributed by atoms with van der Waals surface area (Å²) in [6.45, 7) is 3.82. The van der Waals surface area contributed by atoms with Crippen molar-refractivity contribution in [2.24, 2.45) is 0 Å². The highest BCUT2D eigenvalue weighted by Gasteiger charge is 2.32. The highest BCUT2D eigenvalue weighted by molar-refractivity contribution is 7.48. The molecule has 7 heteroatoms. The molecule has 0 radical (unpaired) electrons. The molecule has 4 aromatic rings. The van der Waals surface area contributed by atoms with Crippen LogP contribution in [0.25, 0.3) is 5.76 Å². The molecule has 1 heterocycles. The lowest BCUT2D eigenvalue weighted by molar-refractivity contribution is 0.0890. The molecule has 0 amide bonds. The van der Waals surface area contributed by atoms with E-state index in [2.05, 4.69) is 0 Å². The van der Waals surface area contributed by atoms with Gasteiger partial charge < -0.3 is 4.52 Å². The van der Waals surface area contributed by atoms with Crippen LogP contribution < -0.4 is 0 Å². The summed E-state index contributed by atoms with van der Waals surface area (Å²) in [5.74, 6) is -0.215. The SMILES string of the molecule is CCOP(=O)(OCC)O/C(=C\[C@H](c1ccccc1)[C@H](CC(=O)n1cccc1)c1ccccc1)c1ccccc1. The summed E-state index contributed by atoms with van der Waals surface area (Å²) in [6, 6.07) is 33.1. The van der Waals surface area contributed by atoms with Crippen molar-refractivity contribution in [3.8, 4) is 0 Å². The molecule has 1 aromatic heterocycles. The predicted molar refractivity (Wildman–Crippen MR) is 154 cm³/mol. The highest BCUT2D eigenvalue weighted by atomic mass is 31.2. The fourth-order valence-electron chi connectivity index (χ4n) is 4.54. The zero-order chi connectivity index (χ0) is 27.5. The van der Waals surface area contributed by atoms with Gasteiger partial charge in [0.05, 0.1) is 13.2 Å². The minimum absolute atomic E-state index is 0.0281. The Labute approximate surface area is 230 Å². The van der Waals surface area contributed by atoms with E-state index in [1.807, 2.05) is 109 Å². The van der Waals surface area contributed by atoms with E-state index in [4.69, 9.17) is 13.6 Å². The van der Waals surface area contributed by atoms with E-state index in [1.54, 1.807) is 30.8 Å². The Kier molecular flexibility index (Phi) is 10.1. The number of rotatable bonds is 13. The quantitative estimate of drug-likeness (QED) is 0.125. The van der Waals surface area contributed by atoms with Gasteiger partial charge in [0, 0.05) is 36.2 Å². The van der Waals surface area contributed by atoms with Gasteiger partial charge in [0.2, 0.25) is 5.91 Å². The smallest absolute Gasteiger partial charge is 0.404 e. The normalized spacial score (nSPS) is 13.5. The lowest BCUT2D eigenvalue weighted by Crippen LogP contribution is -2.18. The maximum absolute atomic E-state index is 13.5. The largest absolute Gasteiger partial charge is 0.530 e. The van der Waals surface area contributed by atoms with Crippen LogP contribution in [0.15, 0.2) is 122 Å². The maximum atomic E-state index is 13.5. The van der Waals surface area contributed by atoms with Crippen LogP contribution in [0, 0.1) is 0 Å². The number of phosphoric acid groups is 1. The second-order valence-corrected chi connectivity index (χ2v) is 10.5. The van der Waals surface area contributed by atoms with Gasteiger partial charge in [-0.1, -0.05) is 91.0 Å². The van der Waals surface area contributed by atoms with E-state index in [-0.39, 0.29) is 37.4 Å². The van der Waals surface area contributed by atoms with E-state index < -0.39 is 7.82 Å². The number of carbonyl (C=O) groups excluding carboxylic acids is 1. The van der Waals surface area contributed by atoms with Gasteiger partial charge in [-0.3, -0.25) is 18.4 Å². The Balaban J connectivity index is 1.87. The summed E-state index contributed by atoms with van der Waals surface area (Å²) in [4.78, 5) is 13.4. The lowest BCUT2D eigenvalue weighted by Gasteiger charge is -2.27. The Morgan fingerprint density at radius 3 is 1.82 bits per heavy atom. The average molecular weight is 544 g/mol. The molecule has 0 fully saturated rings. The van der Waals surface area contributed by atoms with Gasteiger partial charge in [-0.2, -0.15) is 0 Å². The zero-order valence-corrected chi connectivity index (χ0v) is 23.2. The van der Waals surface area contributed by atoms with Crippen molar-refractivity contribution in [2.75, 3.05) is 13.2 Å². The van der Waals surface area contributed by atoms with E-state index in [9.17, 15) is 9.36 Å². The summed E-state index contributed by atoms with van der Waals surface area (Å²) in [5.41, 5.74) is 2.72. The first-order valence-electron chi connectivity index (χ1n) is 13.1. The van der Waals surface area contributed by atoms with Crippen molar-refractivity contribution in [1.29, 1.82) is 0 Å². The molecule has 0 saturated heterocycles. The molecule has 0 spiro atoms. The van der Waals surface area contributed by atoms with Crippen molar-refractivity contribution in [1.82, 2.24) is 4.57 Å². The number of hydrogen-bond acceptors (Lipinski definition) is 5. The summed E-state index contributed by atoms with van der Waals surface area (Å²) in [6.07, 6.45) is 5.70. The van der Waals surface area contributed by atoms with Crippen LogP contribution in [0.5, 0.6) is 0 Å². The number of hydrogen-bond donors (Lipinski definition) is 0. The first-order chi connectivity index (χ1) is 19.0. The van der Waals surface area contributed by atoms with Crippen LogP contribution >= 0.6 is 7.82 Å². The molecule has 4 rings (SSSR count). The van der Waals surface area contributed by atoms with Crippen LogP contribution in [0.1, 0.15) is 53.6 Å². The van der Waals surface area contributed by atoms with Gasteiger partial charge in [0.25, 0.3) is 0 Å². The molecule has 3 aromatic carbocycles. The Morgan fingerprint density at radius 1 is 0.769 bits per heavy atom. The first kappa shape index (κ1) is 28.3. The fraction of sp³-hybridized carbons (Fsp3) is 0.219. The molecule has 6 nitrogen and oxygen atoms in total. The molecule has 0 saturated carbocycles. The number of aromatic nitrogens is 1. The number of benzene rings is 3. The monoisotopic (exact) mass is 543 g/mol. The number of phosphoric ester groups is 1. The van der Waals surface area contributed by atoms with Gasteiger partial charge in [-0.15, -0.1) is 0 Å². The zero-order valence-electron chi connectivity index (χ0n) is 22.3. The third kappa shape index (κ3) is 7.67. The molecule has 0 unspecified atom stereocenters. The second-order valence-electron chi connectivity index (χ2n) is 8.91. The van der Waals surface area contributed by atoms with Gasteiger partial charge in [0.15, 0.2) is 0 Å². The molecule has 0 bridgehead atoms. The van der Waals surface area contributed by atoms with Crippen molar-refractivity contribution in [3.05, 3.63) is 138 Å². The molecule has 0 N–H and O–H groups in total. The van der Waals surface area contributed by atoms with Crippen LogP contribution in [-0.4, -0.2) is 23.7 Å². The third-order valence-electron chi connectivity index (χ3n) is 6.31. The molecular weight excluding hydrogens is 509 g/mol. The van der Waals surface area contributed by atoms with Gasteiger partial charge in [-0.05, 0) is 43.2 Å². The Hall–Kier alpha value is -3.70. The van der Waals surface area contributed by atoms with E-state index in [0.717, 1.165) is 16.7 Å². The first-order valence-corrected chi connectivity index (χ1v) is 14.6. The maximum Gasteiger partial charge on any atom is 0.530 e. The van der Waals surface area contributed by atoms with Crippen LogP contribution in [0.3, 0.4) is 0 Å². The van der Waals surface area contributed by atoms with Crippen LogP contribution in [0.2, 0.25) is 0 Å². The van der Waals surface area contributed by atoms with Crippen molar-refractivity contribution in [3.63, 3.8) is 0 Å². The summed E-state index contributed by atoms with van der Waals surface area (Å²) in [5, 5.41) is 0. The molecule has 202 valence electrons. The lowest BCUT2D eigenvalue weighted by atomic mass is 9.78. The molecule has 0 aliphatic heterocycles. The topological polar surface area (TPSA) is 66.8 Å². The number of carbonyl (C=O) groups is 1. The van der Waals surface area contributed by atoms with Gasteiger partial charge in [0.1, 0.15) is 5.76 Å².